The van der Waals surface area contributed by atoms with Crippen molar-refractivity contribution in [1.82, 2.24) is 5.32 Å². The van der Waals surface area contributed by atoms with E-state index in [1.165, 1.54) is 18.2 Å². The zero-order valence-electron chi connectivity index (χ0n) is 11.9. The predicted molar refractivity (Wildman–Crippen MR) is 74.0 cm³/mol. The van der Waals surface area contributed by atoms with E-state index < -0.39 is 23.3 Å². The Bertz CT molecular complexity index is 491. The van der Waals surface area contributed by atoms with Gasteiger partial charge in [0.25, 0.3) is 0 Å². The van der Waals surface area contributed by atoms with E-state index in [0.717, 1.165) is 6.07 Å². The monoisotopic (exact) mass is 304 g/mol. The Labute approximate surface area is 121 Å². The number of hydrogen-bond acceptors (Lipinski definition) is 2. The highest BCUT2D eigenvalue weighted by Gasteiger charge is 2.34. The number of aliphatic hydroxyl groups is 1. The molecule has 0 bridgehead atoms. The molecule has 2 amide bonds. The Morgan fingerprint density at radius 1 is 1.29 bits per heavy atom. The van der Waals surface area contributed by atoms with Crippen LogP contribution in [0.15, 0.2) is 24.3 Å². The highest BCUT2D eigenvalue weighted by molar-refractivity contribution is 5.90. The summed E-state index contributed by atoms with van der Waals surface area (Å²) in [6.45, 7) is 3.42. The van der Waals surface area contributed by atoms with Gasteiger partial charge >= 0.3 is 12.2 Å². The number of benzene rings is 1. The number of anilines is 1. The second-order valence-electron chi connectivity index (χ2n) is 5.01. The van der Waals surface area contributed by atoms with Crippen LogP contribution in [0.1, 0.15) is 32.3 Å². The van der Waals surface area contributed by atoms with Crippen LogP contribution in [0.2, 0.25) is 0 Å². The van der Waals surface area contributed by atoms with Crippen molar-refractivity contribution in [3.05, 3.63) is 29.8 Å². The van der Waals surface area contributed by atoms with Gasteiger partial charge in [-0.15, -0.1) is 0 Å². The molecule has 0 fully saturated rings. The van der Waals surface area contributed by atoms with E-state index in [1.54, 1.807) is 6.92 Å². The number of halogens is 3. The molecule has 0 saturated heterocycles. The summed E-state index contributed by atoms with van der Waals surface area (Å²) in [5.74, 6) is 0. The van der Waals surface area contributed by atoms with Crippen molar-refractivity contribution in [2.75, 3.05) is 11.9 Å². The van der Waals surface area contributed by atoms with Crippen molar-refractivity contribution in [2.24, 2.45) is 0 Å². The zero-order valence-corrected chi connectivity index (χ0v) is 11.9. The smallest absolute Gasteiger partial charge is 0.396 e. The van der Waals surface area contributed by atoms with Crippen LogP contribution in [-0.4, -0.2) is 23.3 Å². The van der Waals surface area contributed by atoms with E-state index >= 15 is 0 Å². The molecule has 0 spiro atoms. The van der Waals surface area contributed by atoms with Crippen molar-refractivity contribution in [1.29, 1.82) is 0 Å². The second kappa shape index (κ2) is 6.80. The minimum atomic E-state index is -4.54. The normalized spacial score (nSPS) is 14.4. The van der Waals surface area contributed by atoms with Crippen LogP contribution in [0.4, 0.5) is 23.7 Å². The average molecular weight is 304 g/mol. The Hall–Kier alpha value is -1.76. The molecule has 3 N–H and O–H groups in total. The van der Waals surface area contributed by atoms with Gasteiger partial charge in [0.1, 0.15) is 0 Å². The van der Waals surface area contributed by atoms with E-state index in [4.69, 9.17) is 5.11 Å². The summed E-state index contributed by atoms with van der Waals surface area (Å²) in [5, 5.41) is 13.8. The van der Waals surface area contributed by atoms with Crippen molar-refractivity contribution in [3.63, 3.8) is 0 Å². The number of rotatable bonds is 5. The van der Waals surface area contributed by atoms with E-state index in [-0.39, 0.29) is 12.3 Å². The molecule has 0 radical (unpaired) electrons. The van der Waals surface area contributed by atoms with Gasteiger partial charge in [-0.3, -0.25) is 0 Å². The van der Waals surface area contributed by atoms with Gasteiger partial charge in [0, 0.05) is 12.1 Å². The third-order valence-corrected chi connectivity index (χ3v) is 3.34. The summed E-state index contributed by atoms with van der Waals surface area (Å²) >= 11 is 0. The maximum Gasteiger partial charge on any atom is 0.418 e. The molecule has 0 saturated carbocycles. The maximum absolute atomic E-state index is 12.8. The number of amides is 2. The standard InChI is InChI=1S/C14H19F3N2O2/c1-3-13(2,8-9-20)19-12(21)18-11-7-5-4-6-10(11)14(15,16)17/h4-7,20H,3,8-9H2,1-2H3,(H2,18,19,21). The van der Waals surface area contributed by atoms with Gasteiger partial charge in [-0.1, -0.05) is 19.1 Å². The lowest BCUT2D eigenvalue weighted by Gasteiger charge is -2.29. The van der Waals surface area contributed by atoms with Crippen molar-refractivity contribution in [2.45, 2.75) is 38.4 Å². The molecule has 0 heterocycles. The summed E-state index contributed by atoms with van der Waals surface area (Å²) in [4.78, 5) is 11.9. The quantitative estimate of drug-likeness (QED) is 0.781. The topological polar surface area (TPSA) is 61.4 Å². The Kier molecular flexibility index (Phi) is 5.60. The van der Waals surface area contributed by atoms with E-state index in [2.05, 4.69) is 10.6 Å². The van der Waals surface area contributed by atoms with Crippen LogP contribution in [-0.2, 0) is 6.18 Å². The lowest BCUT2D eigenvalue weighted by atomic mass is 9.95. The van der Waals surface area contributed by atoms with Crippen LogP contribution >= 0.6 is 0 Å². The molecule has 0 aliphatic carbocycles. The van der Waals surface area contributed by atoms with E-state index in [1.807, 2.05) is 6.92 Å². The van der Waals surface area contributed by atoms with Gasteiger partial charge in [-0.25, -0.2) is 4.79 Å². The van der Waals surface area contributed by atoms with E-state index in [0.29, 0.717) is 12.8 Å². The van der Waals surface area contributed by atoms with Gasteiger partial charge < -0.3 is 15.7 Å². The number of urea groups is 1. The molecule has 1 atom stereocenters. The molecule has 7 heteroatoms. The number of para-hydroxylation sites is 1. The summed E-state index contributed by atoms with van der Waals surface area (Å²) in [6, 6.07) is 4.04. The third kappa shape index (κ3) is 4.93. The van der Waals surface area contributed by atoms with Crippen LogP contribution in [0.5, 0.6) is 0 Å². The Balaban J connectivity index is 2.85. The molecular weight excluding hydrogens is 285 g/mol. The molecular formula is C14H19F3N2O2. The summed E-state index contributed by atoms with van der Waals surface area (Å²) in [5.41, 5.74) is -1.88. The molecule has 4 nitrogen and oxygen atoms in total. The van der Waals surface area contributed by atoms with Crippen LogP contribution in [0, 0.1) is 0 Å². The Morgan fingerprint density at radius 3 is 2.43 bits per heavy atom. The first-order valence-electron chi connectivity index (χ1n) is 6.58. The molecule has 0 aliphatic heterocycles. The molecule has 0 aromatic heterocycles. The van der Waals surface area contributed by atoms with Crippen LogP contribution in [0.25, 0.3) is 0 Å². The first kappa shape index (κ1) is 17.3. The first-order chi connectivity index (χ1) is 9.72. The van der Waals surface area contributed by atoms with Gasteiger partial charge in [0.15, 0.2) is 0 Å². The first-order valence-corrected chi connectivity index (χ1v) is 6.58. The molecule has 1 aromatic rings. The minimum Gasteiger partial charge on any atom is -0.396 e. The van der Waals surface area contributed by atoms with Gasteiger partial charge in [0.2, 0.25) is 0 Å². The highest BCUT2D eigenvalue weighted by atomic mass is 19.4. The summed E-state index contributed by atoms with van der Waals surface area (Å²) in [7, 11) is 0. The second-order valence-corrected chi connectivity index (χ2v) is 5.01. The van der Waals surface area contributed by atoms with Crippen LogP contribution in [0.3, 0.4) is 0 Å². The number of carbonyl (C=O) groups is 1. The molecule has 0 aliphatic rings. The number of nitrogens with one attached hydrogen (secondary N) is 2. The molecule has 21 heavy (non-hydrogen) atoms. The fourth-order valence-electron chi connectivity index (χ4n) is 1.84. The van der Waals surface area contributed by atoms with Crippen molar-refractivity contribution in [3.8, 4) is 0 Å². The molecule has 118 valence electrons. The fraction of sp³-hybridized carbons (Fsp3) is 0.500. The van der Waals surface area contributed by atoms with Gasteiger partial charge in [-0.2, -0.15) is 13.2 Å². The summed E-state index contributed by atoms with van der Waals surface area (Å²) in [6.07, 6.45) is -3.68. The SMILES string of the molecule is CCC(C)(CCO)NC(=O)Nc1ccccc1C(F)(F)F. The predicted octanol–water partition coefficient (Wildman–Crippen LogP) is 3.38. The summed E-state index contributed by atoms with van der Waals surface area (Å²) < 4.78 is 38.5. The molecule has 1 aromatic carbocycles. The van der Waals surface area contributed by atoms with Crippen molar-refractivity contribution >= 4 is 11.7 Å². The fourth-order valence-corrected chi connectivity index (χ4v) is 1.84. The Morgan fingerprint density at radius 2 is 1.90 bits per heavy atom. The maximum atomic E-state index is 12.8. The molecule has 1 rings (SSSR count). The van der Waals surface area contributed by atoms with Crippen molar-refractivity contribution < 1.29 is 23.1 Å². The number of alkyl halides is 3. The number of hydrogen-bond donors (Lipinski definition) is 3. The lowest BCUT2D eigenvalue weighted by molar-refractivity contribution is -0.136. The highest BCUT2D eigenvalue weighted by Crippen LogP contribution is 2.34. The minimum absolute atomic E-state index is 0.121. The number of carbonyl (C=O) groups excluding carboxylic acids is 1. The van der Waals surface area contributed by atoms with Gasteiger partial charge in [0.05, 0.1) is 11.3 Å². The van der Waals surface area contributed by atoms with Gasteiger partial charge in [-0.05, 0) is 31.9 Å². The molecule has 1 unspecified atom stereocenters. The van der Waals surface area contributed by atoms with E-state index in [9.17, 15) is 18.0 Å². The largest absolute Gasteiger partial charge is 0.418 e. The number of aliphatic hydroxyl groups excluding tert-OH is 1. The zero-order chi connectivity index (χ0) is 16.1. The average Bonchev–Trinajstić information content (AvgIpc) is 2.38. The lowest BCUT2D eigenvalue weighted by Crippen LogP contribution is -2.48. The van der Waals surface area contributed by atoms with Crippen LogP contribution < -0.4 is 10.6 Å². The third-order valence-electron chi connectivity index (χ3n) is 3.34.